The van der Waals surface area contributed by atoms with E-state index in [1.807, 2.05) is 58.0 Å². The molecule has 0 amide bonds. The van der Waals surface area contributed by atoms with Crippen molar-refractivity contribution in [3.8, 4) is 0 Å². The molecule has 0 spiro atoms. The molecule has 0 aromatic carbocycles. The third-order valence-corrected chi connectivity index (χ3v) is 5.41. The second-order valence-electron chi connectivity index (χ2n) is 4.23. The molecule has 19 heavy (non-hydrogen) atoms. The highest BCUT2D eigenvalue weighted by molar-refractivity contribution is 7.52. The van der Waals surface area contributed by atoms with E-state index in [0.717, 1.165) is 17.5 Å². The third kappa shape index (κ3) is 1.98. The lowest BCUT2D eigenvalue weighted by Gasteiger charge is -2.23. The van der Waals surface area contributed by atoms with Crippen molar-refractivity contribution in [3.05, 3.63) is 54.7 Å². The molecule has 0 aliphatic rings. The number of rotatable bonds is 3. The van der Waals surface area contributed by atoms with E-state index in [1.165, 1.54) is 0 Å². The first-order valence-electron chi connectivity index (χ1n) is 5.99. The van der Waals surface area contributed by atoms with Crippen LogP contribution in [-0.4, -0.2) is 28.0 Å². The van der Waals surface area contributed by atoms with E-state index in [2.05, 4.69) is 28.0 Å². The van der Waals surface area contributed by atoms with Crippen LogP contribution in [-0.2, 0) is 0 Å². The minimum Gasteiger partial charge on any atom is -0.278 e. The van der Waals surface area contributed by atoms with E-state index >= 15 is 0 Å². The van der Waals surface area contributed by atoms with Gasteiger partial charge in [0.15, 0.2) is 0 Å². The fourth-order valence-electron chi connectivity index (χ4n) is 1.99. The first-order valence-corrected chi connectivity index (χ1v) is 7.19. The maximum Gasteiger partial charge on any atom is 0.224 e. The molecule has 0 fully saturated rings. The second kappa shape index (κ2) is 4.63. The molecule has 0 N–H and O–H groups in total. The molecule has 0 saturated carbocycles. The van der Waals surface area contributed by atoms with Crippen LogP contribution < -0.4 is 0 Å². The van der Waals surface area contributed by atoms with Crippen LogP contribution in [0.4, 0.5) is 0 Å². The van der Waals surface area contributed by atoms with Crippen LogP contribution in [0, 0.1) is 20.8 Å². The SMILES string of the molecule is Cc1nccn1P(n1ccnc1C)n1ccnc1C. The van der Waals surface area contributed by atoms with Gasteiger partial charge in [0, 0.05) is 37.2 Å². The zero-order chi connectivity index (χ0) is 13.4. The van der Waals surface area contributed by atoms with Crippen LogP contribution in [0.3, 0.4) is 0 Å². The molecule has 0 unspecified atom stereocenters. The van der Waals surface area contributed by atoms with Crippen LogP contribution in [0.5, 0.6) is 0 Å². The Bertz CT molecular complexity index is 599. The van der Waals surface area contributed by atoms with Gasteiger partial charge in [0.05, 0.1) is 0 Å². The van der Waals surface area contributed by atoms with E-state index in [4.69, 9.17) is 0 Å². The Balaban J connectivity index is 2.20. The standard InChI is InChI=1S/C12H15N6P/c1-10-13-4-7-16(10)19(17-8-5-14-11(17)2)18-9-6-15-12(18)3/h4-9H,1-3H3. The lowest BCUT2D eigenvalue weighted by molar-refractivity contribution is 0.942. The van der Waals surface area contributed by atoms with Crippen LogP contribution in [0.1, 0.15) is 17.5 Å². The Labute approximate surface area is 112 Å². The molecule has 0 atom stereocenters. The molecule has 0 saturated heterocycles. The van der Waals surface area contributed by atoms with Crippen molar-refractivity contribution >= 4 is 8.37 Å². The maximum absolute atomic E-state index is 4.33. The molecule has 3 heterocycles. The summed E-state index contributed by atoms with van der Waals surface area (Å²) in [4.78, 5) is 13.0. The molecule has 0 aliphatic carbocycles. The van der Waals surface area contributed by atoms with Crippen molar-refractivity contribution in [1.29, 1.82) is 0 Å². The van der Waals surface area contributed by atoms with Gasteiger partial charge in [0.25, 0.3) is 0 Å². The normalized spacial score (nSPS) is 11.4. The number of nitrogens with zero attached hydrogens (tertiary/aromatic N) is 6. The molecular formula is C12H15N6P. The first kappa shape index (κ1) is 12.1. The number of hydrogen-bond donors (Lipinski definition) is 0. The molecule has 0 bridgehead atoms. The third-order valence-electron chi connectivity index (χ3n) is 2.98. The molecule has 6 nitrogen and oxygen atoms in total. The van der Waals surface area contributed by atoms with Gasteiger partial charge < -0.3 is 0 Å². The summed E-state index contributed by atoms with van der Waals surface area (Å²) in [5, 5.41) is 0. The highest BCUT2D eigenvalue weighted by Gasteiger charge is 2.20. The van der Waals surface area contributed by atoms with E-state index in [1.54, 1.807) is 0 Å². The molecule has 7 heteroatoms. The quantitative estimate of drug-likeness (QED) is 0.689. The zero-order valence-electron chi connectivity index (χ0n) is 11.1. The zero-order valence-corrected chi connectivity index (χ0v) is 12.0. The fourth-order valence-corrected chi connectivity index (χ4v) is 4.08. The topological polar surface area (TPSA) is 53.5 Å². The highest BCUT2D eigenvalue weighted by atomic mass is 31.1. The Morgan fingerprint density at radius 2 is 1.00 bits per heavy atom. The first-order chi connectivity index (χ1) is 9.18. The molecule has 0 radical (unpaired) electrons. The number of aromatic nitrogens is 6. The number of aryl methyl sites for hydroxylation is 3. The van der Waals surface area contributed by atoms with Gasteiger partial charge in [-0.05, 0) is 20.8 Å². The maximum atomic E-state index is 4.33. The van der Waals surface area contributed by atoms with Gasteiger partial charge in [-0.15, -0.1) is 0 Å². The Morgan fingerprint density at radius 1 is 0.684 bits per heavy atom. The second-order valence-corrected chi connectivity index (χ2v) is 6.05. The molecule has 3 aromatic heterocycles. The minimum absolute atomic E-state index is 0.835. The predicted octanol–water partition coefficient (Wildman–Crippen LogP) is 2.37. The largest absolute Gasteiger partial charge is 0.278 e. The van der Waals surface area contributed by atoms with Crippen LogP contribution in [0.25, 0.3) is 0 Å². The lowest BCUT2D eigenvalue weighted by atomic mass is 10.8. The van der Waals surface area contributed by atoms with Crippen LogP contribution in [0.2, 0.25) is 0 Å². The van der Waals surface area contributed by atoms with Crippen molar-refractivity contribution in [2.45, 2.75) is 20.8 Å². The molecule has 0 aliphatic heterocycles. The van der Waals surface area contributed by atoms with Crippen molar-refractivity contribution in [1.82, 2.24) is 28.0 Å². The van der Waals surface area contributed by atoms with Gasteiger partial charge in [-0.2, -0.15) is 0 Å². The summed E-state index contributed by atoms with van der Waals surface area (Å²) in [5.41, 5.74) is 0. The van der Waals surface area contributed by atoms with E-state index in [0.29, 0.717) is 0 Å². The lowest BCUT2D eigenvalue weighted by Crippen LogP contribution is -2.10. The summed E-state index contributed by atoms with van der Waals surface area (Å²) in [5.74, 6) is 2.94. The molecular weight excluding hydrogens is 259 g/mol. The average Bonchev–Trinajstić information content (AvgIpc) is 3.07. The van der Waals surface area contributed by atoms with E-state index in [-0.39, 0.29) is 0 Å². The Morgan fingerprint density at radius 3 is 1.21 bits per heavy atom. The van der Waals surface area contributed by atoms with Gasteiger partial charge in [-0.1, -0.05) is 0 Å². The van der Waals surface area contributed by atoms with Gasteiger partial charge in [0.2, 0.25) is 8.37 Å². The van der Waals surface area contributed by atoms with E-state index in [9.17, 15) is 0 Å². The summed E-state index contributed by atoms with van der Waals surface area (Å²) in [6.07, 6.45) is 11.5. The predicted molar refractivity (Wildman–Crippen MR) is 74.0 cm³/mol. The summed E-state index contributed by atoms with van der Waals surface area (Å²) in [6, 6.07) is 0. The average molecular weight is 274 g/mol. The van der Waals surface area contributed by atoms with Gasteiger partial charge in [0.1, 0.15) is 17.5 Å². The van der Waals surface area contributed by atoms with Crippen molar-refractivity contribution < 1.29 is 0 Å². The summed E-state index contributed by atoms with van der Waals surface area (Å²) in [7, 11) is -0.835. The Kier molecular flexibility index (Phi) is 2.95. The van der Waals surface area contributed by atoms with Crippen LogP contribution in [0.15, 0.2) is 37.2 Å². The minimum atomic E-state index is -0.835. The summed E-state index contributed by atoms with van der Waals surface area (Å²) in [6.45, 7) is 6.02. The van der Waals surface area contributed by atoms with Crippen molar-refractivity contribution in [3.63, 3.8) is 0 Å². The smallest absolute Gasteiger partial charge is 0.224 e. The van der Waals surface area contributed by atoms with Crippen LogP contribution >= 0.6 is 8.37 Å². The molecule has 98 valence electrons. The number of imidazole rings is 3. The monoisotopic (exact) mass is 274 g/mol. The number of hydrogen-bond acceptors (Lipinski definition) is 3. The van der Waals surface area contributed by atoms with Crippen molar-refractivity contribution in [2.75, 3.05) is 0 Å². The summed E-state index contributed by atoms with van der Waals surface area (Å²) >= 11 is 0. The molecule has 3 rings (SSSR count). The van der Waals surface area contributed by atoms with Crippen molar-refractivity contribution in [2.24, 2.45) is 0 Å². The highest BCUT2D eigenvalue weighted by Crippen LogP contribution is 2.43. The van der Waals surface area contributed by atoms with Gasteiger partial charge >= 0.3 is 0 Å². The Hall–Kier alpha value is -1.94. The van der Waals surface area contributed by atoms with Gasteiger partial charge in [-0.3, -0.25) is 13.0 Å². The summed E-state index contributed by atoms with van der Waals surface area (Å²) < 4.78 is 6.50. The van der Waals surface area contributed by atoms with E-state index < -0.39 is 8.37 Å². The molecule has 3 aromatic rings. The fraction of sp³-hybridized carbons (Fsp3) is 0.250. The van der Waals surface area contributed by atoms with Gasteiger partial charge in [-0.25, -0.2) is 15.0 Å².